The van der Waals surface area contributed by atoms with Gasteiger partial charge in [0.05, 0.1) is 16.4 Å². The van der Waals surface area contributed by atoms with Crippen molar-refractivity contribution >= 4 is 23.2 Å². The summed E-state index contributed by atoms with van der Waals surface area (Å²) in [6.45, 7) is 1.60. The third kappa shape index (κ3) is 4.10. The molecule has 0 radical (unpaired) electrons. The van der Waals surface area contributed by atoms with Crippen LogP contribution in [0.1, 0.15) is 6.92 Å². The van der Waals surface area contributed by atoms with Crippen molar-refractivity contribution in [3.05, 3.63) is 59.6 Å². The van der Waals surface area contributed by atoms with Crippen molar-refractivity contribution in [1.29, 1.82) is 0 Å². The zero-order valence-electron chi connectivity index (χ0n) is 13.1. The first-order valence-electron chi connectivity index (χ1n) is 7.29. The lowest BCUT2D eigenvalue weighted by Crippen LogP contribution is -2.30. The Hall–Kier alpha value is -3.00. The summed E-state index contributed by atoms with van der Waals surface area (Å²) in [4.78, 5) is 12.2. The lowest BCUT2D eigenvalue weighted by Gasteiger charge is -2.15. The molecule has 0 bridgehead atoms. The maximum Gasteiger partial charge on any atom is 0.265 e. The van der Waals surface area contributed by atoms with Gasteiger partial charge in [-0.15, -0.1) is 5.10 Å². The minimum atomic E-state index is -0.778. The number of amides is 1. The first-order chi connectivity index (χ1) is 12.0. The summed E-state index contributed by atoms with van der Waals surface area (Å²) < 4.78 is 20.1. The number of tetrazole rings is 1. The van der Waals surface area contributed by atoms with Gasteiger partial charge in [0.25, 0.3) is 5.91 Å². The van der Waals surface area contributed by atoms with Crippen molar-refractivity contribution in [2.45, 2.75) is 13.0 Å². The summed E-state index contributed by atoms with van der Waals surface area (Å²) >= 11 is 5.89. The van der Waals surface area contributed by atoms with E-state index in [4.69, 9.17) is 16.3 Å². The number of hydrogen-bond donors (Lipinski definition) is 1. The van der Waals surface area contributed by atoms with Crippen LogP contribution in [0.2, 0.25) is 5.02 Å². The van der Waals surface area contributed by atoms with Gasteiger partial charge in [-0.05, 0) is 59.8 Å². The lowest BCUT2D eigenvalue weighted by atomic mass is 10.2. The lowest BCUT2D eigenvalue weighted by molar-refractivity contribution is -0.122. The number of anilines is 1. The van der Waals surface area contributed by atoms with Crippen molar-refractivity contribution < 1.29 is 13.9 Å². The molecule has 128 valence electrons. The molecule has 0 fully saturated rings. The molecule has 1 N–H and O–H groups in total. The van der Waals surface area contributed by atoms with Crippen LogP contribution in [0.15, 0.2) is 48.8 Å². The number of benzene rings is 2. The highest BCUT2D eigenvalue weighted by Gasteiger charge is 2.16. The standard InChI is InChI=1S/C16H13ClFN5O2/c1-10(16(24)20-15-7-2-11(18)8-14(15)17)25-13-5-3-12(4-6-13)23-9-19-21-22-23/h2-10H,1H3,(H,20,24)/t10-/m0/s1. The van der Waals surface area contributed by atoms with Crippen molar-refractivity contribution in [3.63, 3.8) is 0 Å². The maximum atomic E-state index is 13.0. The molecule has 0 spiro atoms. The second-order valence-corrected chi connectivity index (χ2v) is 5.53. The molecule has 0 aliphatic carbocycles. The van der Waals surface area contributed by atoms with Crippen LogP contribution in [0.25, 0.3) is 5.69 Å². The van der Waals surface area contributed by atoms with Crippen LogP contribution in [0, 0.1) is 5.82 Å². The van der Waals surface area contributed by atoms with Crippen LogP contribution >= 0.6 is 11.6 Å². The van der Waals surface area contributed by atoms with Gasteiger partial charge in [-0.25, -0.2) is 9.07 Å². The molecule has 2 aromatic carbocycles. The number of carbonyl (C=O) groups excluding carboxylic acids is 1. The first kappa shape index (κ1) is 16.8. The average Bonchev–Trinajstić information content (AvgIpc) is 3.12. The number of nitrogens with one attached hydrogen (secondary N) is 1. The molecule has 0 saturated carbocycles. The van der Waals surface area contributed by atoms with E-state index in [1.165, 1.54) is 23.1 Å². The van der Waals surface area contributed by atoms with E-state index in [9.17, 15) is 9.18 Å². The molecule has 9 heteroatoms. The van der Waals surface area contributed by atoms with E-state index in [2.05, 4.69) is 20.8 Å². The molecule has 7 nitrogen and oxygen atoms in total. The third-order valence-electron chi connectivity index (χ3n) is 3.32. The monoisotopic (exact) mass is 361 g/mol. The Balaban J connectivity index is 1.63. The number of aromatic nitrogens is 4. The Kier molecular flexibility index (Phi) is 4.90. The van der Waals surface area contributed by atoms with Crippen LogP contribution in [0.5, 0.6) is 5.75 Å². The number of hydrogen-bond acceptors (Lipinski definition) is 5. The normalized spacial score (nSPS) is 11.8. The third-order valence-corrected chi connectivity index (χ3v) is 3.63. The minimum Gasteiger partial charge on any atom is -0.481 e. The van der Waals surface area contributed by atoms with Gasteiger partial charge in [0.15, 0.2) is 6.10 Å². The molecule has 3 aromatic rings. The number of ether oxygens (including phenoxy) is 1. The molecule has 1 amide bonds. The second kappa shape index (κ2) is 7.27. The van der Waals surface area contributed by atoms with Gasteiger partial charge in [0.1, 0.15) is 17.9 Å². The highest BCUT2D eigenvalue weighted by Crippen LogP contribution is 2.23. The number of nitrogens with zero attached hydrogens (tertiary/aromatic N) is 4. The van der Waals surface area contributed by atoms with E-state index in [0.29, 0.717) is 11.4 Å². The predicted octanol–water partition coefficient (Wildman–Crippen LogP) is 2.86. The van der Waals surface area contributed by atoms with E-state index in [1.54, 1.807) is 31.2 Å². The van der Waals surface area contributed by atoms with Crippen LogP contribution in [0.3, 0.4) is 0 Å². The SMILES string of the molecule is C[C@H](Oc1ccc(-n2cnnn2)cc1)C(=O)Nc1ccc(F)cc1Cl. The molecule has 1 heterocycles. The molecular weight excluding hydrogens is 349 g/mol. The smallest absolute Gasteiger partial charge is 0.265 e. The van der Waals surface area contributed by atoms with E-state index >= 15 is 0 Å². The fourth-order valence-electron chi connectivity index (χ4n) is 2.04. The van der Waals surface area contributed by atoms with Gasteiger partial charge >= 0.3 is 0 Å². The molecule has 25 heavy (non-hydrogen) atoms. The van der Waals surface area contributed by atoms with Gasteiger partial charge in [-0.1, -0.05) is 11.6 Å². The Morgan fingerprint density at radius 1 is 1.28 bits per heavy atom. The van der Waals surface area contributed by atoms with E-state index < -0.39 is 17.8 Å². The molecular formula is C16H13ClFN5O2. The topological polar surface area (TPSA) is 81.9 Å². The van der Waals surface area contributed by atoms with Crippen LogP contribution in [-0.4, -0.2) is 32.2 Å². The summed E-state index contributed by atoms with van der Waals surface area (Å²) in [5.74, 6) is -0.377. The minimum absolute atomic E-state index is 0.117. The number of halogens is 2. The van der Waals surface area contributed by atoms with E-state index in [-0.39, 0.29) is 5.02 Å². The largest absolute Gasteiger partial charge is 0.481 e. The fourth-order valence-corrected chi connectivity index (χ4v) is 2.25. The zero-order valence-corrected chi connectivity index (χ0v) is 13.8. The average molecular weight is 362 g/mol. The van der Waals surface area contributed by atoms with Crippen LogP contribution in [-0.2, 0) is 4.79 Å². The molecule has 3 rings (SSSR count). The summed E-state index contributed by atoms with van der Waals surface area (Å²) in [7, 11) is 0. The molecule has 1 atom stereocenters. The molecule has 0 aliphatic rings. The van der Waals surface area contributed by atoms with Gasteiger partial charge < -0.3 is 10.1 Å². The van der Waals surface area contributed by atoms with Gasteiger partial charge in [0, 0.05) is 0 Å². The zero-order chi connectivity index (χ0) is 17.8. The molecule has 1 aromatic heterocycles. The molecule has 0 unspecified atom stereocenters. The van der Waals surface area contributed by atoms with E-state index in [0.717, 1.165) is 11.8 Å². The summed E-state index contributed by atoms with van der Waals surface area (Å²) in [6.07, 6.45) is 0.693. The molecule has 0 saturated heterocycles. The Labute approximate surface area is 147 Å². The maximum absolute atomic E-state index is 13.0. The van der Waals surface area contributed by atoms with Gasteiger partial charge in [-0.2, -0.15) is 0 Å². The van der Waals surface area contributed by atoms with Crippen molar-refractivity contribution in [1.82, 2.24) is 20.2 Å². The Morgan fingerprint density at radius 3 is 2.68 bits per heavy atom. The fraction of sp³-hybridized carbons (Fsp3) is 0.125. The van der Waals surface area contributed by atoms with E-state index in [1.807, 2.05) is 0 Å². The van der Waals surface area contributed by atoms with Gasteiger partial charge in [-0.3, -0.25) is 4.79 Å². The highest BCUT2D eigenvalue weighted by atomic mass is 35.5. The van der Waals surface area contributed by atoms with Crippen LogP contribution in [0.4, 0.5) is 10.1 Å². The van der Waals surface area contributed by atoms with Crippen molar-refractivity contribution in [2.75, 3.05) is 5.32 Å². The predicted molar refractivity (Wildman–Crippen MR) is 89.3 cm³/mol. The number of carbonyl (C=O) groups is 1. The van der Waals surface area contributed by atoms with Crippen LogP contribution < -0.4 is 10.1 Å². The van der Waals surface area contributed by atoms with Crippen molar-refractivity contribution in [3.8, 4) is 11.4 Å². The quantitative estimate of drug-likeness (QED) is 0.755. The summed E-state index contributed by atoms with van der Waals surface area (Å²) in [5.41, 5.74) is 1.07. The summed E-state index contributed by atoms with van der Waals surface area (Å²) in [6, 6.07) is 10.6. The number of rotatable bonds is 5. The highest BCUT2D eigenvalue weighted by molar-refractivity contribution is 6.33. The second-order valence-electron chi connectivity index (χ2n) is 5.12. The Bertz CT molecular complexity index is 871. The summed E-state index contributed by atoms with van der Waals surface area (Å²) in [5, 5.41) is 13.6. The molecule has 0 aliphatic heterocycles. The van der Waals surface area contributed by atoms with Gasteiger partial charge in [0.2, 0.25) is 0 Å². The Morgan fingerprint density at radius 2 is 2.04 bits per heavy atom. The van der Waals surface area contributed by atoms with Crippen molar-refractivity contribution in [2.24, 2.45) is 0 Å². The first-order valence-corrected chi connectivity index (χ1v) is 7.67.